The fourth-order valence-corrected chi connectivity index (χ4v) is 1.82. The highest BCUT2D eigenvalue weighted by Gasteiger charge is 2.11. The molecule has 0 fully saturated rings. The summed E-state index contributed by atoms with van der Waals surface area (Å²) in [6.45, 7) is 1.33. The van der Waals surface area contributed by atoms with E-state index in [9.17, 15) is 4.79 Å². The first-order valence-electron chi connectivity index (χ1n) is 6.10. The van der Waals surface area contributed by atoms with Crippen LogP contribution in [-0.4, -0.2) is 49.9 Å². The molecule has 1 N–H and O–H groups in total. The maximum absolute atomic E-state index is 10.8. The summed E-state index contributed by atoms with van der Waals surface area (Å²) >= 11 is 0. The van der Waals surface area contributed by atoms with Crippen molar-refractivity contribution >= 4 is 5.97 Å². The van der Waals surface area contributed by atoms with Crippen molar-refractivity contribution in [3.63, 3.8) is 0 Å². The second-order valence-electron chi connectivity index (χ2n) is 4.24. The molecule has 6 heteroatoms. The number of carboxylic acid groups (broad SMARTS) is 1. The zero-order valence-electron chi connectivity index (χ0n) is 11.6. The zero-order valence-corrected chi connectivity index (χ0v) is 11.6. The Hall–Kier alpha value is -2.10. The normalized spacial score (nSPS) is 10.3. The molecule has 20 heavy (non-hydrogen) atoms. The molecule has 1 rings (SSSR count). The van der Waals surface area contributed by atoms with E-state index in [1.54, 1.807) is 24.1 Å². The van der Waals surface area contributed by atoms with Gasteiger partial charge in [0.2, 0.25) is 0 Å². The summed E-state index contributed by atoms with van der Waals surface area (Å²) in [6.07, 6.45) is 0. The molecule has 0 saturated carbocycles. The molecule has 0 aliphatic heterocycles. The predicted octanol–water partition coefficient (Wildman–Crippen LogP) is 1.10. The molecule has 0 heterocycles. The van der Waals surface area contributed by atoms with Crippen LogP contribution in [-0.2, 0) is 16.1 Å². The molecule has 0 bridgehead atoms. The number of carboxylic acids is 1. The lowest BCUT2D eigenvalue weighted by atomic mass is 10.1. The largest absolute Gasteiger partial charge is 0.495 e. The summed E-state index contributed by atoms with van der Waals surface area (Å²) in [6, 6.07) is 7.30. The Labute approximate surface area is 118 Å². The minimum Gasteiger partial charge on any atom is -0.495 e. The van der Waals surface area contributed by atoms with Crippen molar-refractivity contribution in [2.24, 2.45) is 0 Å². The molecular formula is C14H18N2O4. The van der Waals surface area contributed by atoms with E-state index in [0.29, 0.717) is 31.0 Å². The standard InChI is InChI=1S/C14H18N2O4/c1-19-6-5-16(10-14(17)18)9-11-3-4-13(20-2)12(7-11)8-15/h3-4,7H,5-6,9-10H2,1-2H3,(H,17,18). The Morgan fingerprint density at radius 1 is 1.45 bits per heavy atom. The number of hydrogen-bond acceptors (Lipinski definition) is 5. The molecule has 0 aliphatic rings. The molecule has 0 aromatic heterocycles. The van der Waals surface area contributed by atoms with Gasteiger partial charge in [-0.15, -0.1) is 0 Å². The van der Waals surface area contributed by atoms with Crippen LogP contribution >= 0.6 is 0 Å². The summed E-state index contributed by atoms with van der Waals surface area (Å²) < 4.78 is 10.0. The summed E-state index contributed by atoms with van der Waals surface area (Å²) in [5.74, 6) is -0.381. The van der Waals surface area contributed by atoms with Gasteiger partial charge in [0.1, 0.15) is 11.8 Å². The molecule has 108 valence electrons. The van der Waals surface area contributed by atoms with Crippen LogP contribution < -0.4 is 4.74 Å². The molecule has 0 saturated heterocycles. The average molecular weight is 278 g/mol. The lowest BCUT2D eigenvalue weighted by Crippen LogP contribution is -2.32. The zero-order chi connectivity index (χ0) is 15.0. The lowest BCUT2D eigenvalue weighted by molar-refractivity contribution is -0.138. The van der Waals surface area contributed by atoms with E-state index in [1.165, 1.54) is 7.11 Å². The minimum absolute atomic E-state index is 0.0721. The van der Waals surface area contributed by atoms with Crippen molar-refractivity contribution in [3.8, 4) is 11.8 Å². The summed E-state index contributed by atoms with van der Waals surface area (Å²) in [5.41, 5.74) is 1.30. The lowest BCUT2D eigenvalue weighted by Gasteiger charge is -2.20. The molecule has 6 nitrogen and oxygen atoms in total. The second-order valence-corrected chi connectivity index (χ2v) is 4.24. The van der Waals surface area contributed by atoms with Crippen LogP contribution in [0.25, 0.3) is 0 Å². The molecule has 0 amide bonds. The van der Waals surface area contributed by atoms with Crippen molar-refractivity contribution in [2.75, 3.05) is 33.9 Å². The van der Waals surface area contributed by atoms with Gasteiger partial charge in [0.15, 0.2) is 0 Å². The first kappa shape index (κ1) is 16.0. The Morgan fingerprint density at radius 2 is 2.20 bits per heavy atom. The fraction of sp³-hybridized carbons (Fsp3) is 0.429. The third-order valence-electron chi connectivity index (χ3n) is 2.76. The number of rotatable bonds is 8. The van der Waals surface area contributed by atoms with E-state index in [4.69, 9.17) is 19.8 Å². The van der Waals surface area contributed by atoms with E-state index in [0.717, 1.165) is 5.56 Å². The number of nitriles is 1. The minimum atomic E-state index is -0.893. The van der Waals surface area contributed by atoms with Gasteiger partial charge in [-0.05, 0) is 17.7 Å². The highest BCUT2D eigenvalue weighted by molar-refractivity contribution is 5.69. The number of aliphatic carboxylic acids is 1. The first-order valence-corrected chi connectivity index (χ1v) is 6.10. The van der Waals surface area contributed by atoms with Crippen molar-refractivity contribution < 1.29 is 19.4 Å². The Morgan fingerprint density at radius 3 is 2.75 bits per heavy atom. The molecule has 0 atom stereocenters. The molecule has 0 spiro atoms. The number of nitrogens with zero attached hydrogens (tertiary/aromatic N) is 2. The molecule has 0 aliphatic carbocycles. The van der Waals surface area contributed by atoms with Gasteiger partial charge < -0.3 is 14.6 Å². The van der Waals surface area contributed by atoms with Crippen molar-refractivity contribution in [2.45, 2.75) is 6.54 Å². The van der Waals surface area contributed by atoms with Crippen LogP contribution in [0.3, 0.4) is 0 Å². The number of hydrogen-bond donors (Lipinski definition) is 1. The van der Waals surface area contributed by atoms with Crippen molar-refractivity contribution in [1.82, 2.24) is 4.90 Å². The highest BCUT2D eigenvalue weighted by atomic mass is 16.5. The van der Waals surface area contributed by atoms with E-state index in [-0.39, 0.29) is 6.54 Å². The Kier molecular flexibility index (Phi) is 6.50. The topological polar surface area (TPSA) is 82.8 Å². The Bertz CT molecular complexity index is 496. The maximum atomic E-state index is 10.8. The highest BCUT2D eigenvalue weighted by Crippen LogP contribution is 2.19. The number of benzene rings is 1. The van der Waals surface area contributed by atoms with Gasteiger partial charge in [-0.2, -0.15) is 5.26 Å². The van der Waals surface area contributed by atoms with E-state index >= 15 is 0 Å². The number of ether oxygens (including phenoxy) is 2. The van der Waals surface area contributed by atoms with Crippen LogP contribution in [0.4, 0.5) is 0 Å². The fourth-order valence-electron chi connectivity index (χ4n) is 1.82. The third-order valence-corrected chi connectivity index (χ3v) is 2.76. The molecule has 1 aromatic rings. The van der Waals surface area contributed by atoms with Gasteiger partial charge in [0.05, 0.1) is 25.8 Å². The average Bonchev–Trinajstić information content (AvgIpc) is 2.44. The molecule has 0 unspecified atom stereocenters. The first-order chi connectivity index (χ1) is 9.60. The third kappa shape index (κ3) is 4.88. The van der Waals surface area contributed by atoms with Crippen LogP contribution in [0.15, 0.2) is 18.2 Å². The van der Waals surface area contributed by atoms with E-state index < -0.39 is 5.97 Å². The van der Waals surface area contributed by atoms with Gasteiger partial charge in [0, 0.05) is 20.2 Å². The van der Waals surface area contributed by atoms with Gasteiger partial charge in [0.25, 0.3) is 0 Å². The van der Waals surface area contributed by atoms with Crippen LogP contribution in [0.2, 0.25) is 0 Å². The van der Waals surface area contributed by atoms with Gasteiger partial charge in [-0.3, -0.25) is 9.69 Å². The maximum Gasteiger partial charge on any atom is 0.317 e. The van der Waals surface area contributed by atoms with Crippen molar-refractivity contribution in [1.29, 1.82) is 5.26 Å². The van der Waals surface area contributed by atoms with Gasteiger partial charge in [-0.1, -0.05) is 6.07 Å². The van der Waals surface area contributed by atoms with Gasteiger partial charge >= 0.3 is 5.97 Å². The SMILES string of the molecule is COCCN(CC(=O)O)Cc1ccc(OC)c(C#N)c1. The second kappa shape index (κ2) is 8.15. The molecule has 0 radical (unpaired) electrons. The smallest absolute Gasteiger partial charge is 0.317 e. The van der Waals surface area contributed by atoms with Crippen LogP contribution in [0.5, 0.6) is 5.75 Å². The van der Waals surface area contributed by atoms with Crippen LogP contribution in [0, 0.1) is 11.3 Å². The number of carbonyl (C=O) groups is 1. The Balaban J connectivity index is 2.82. The number of methoxy groups -OCH3 is 2. The summed E-state index contributed by atoms with van der Waals surface area (Å²) in [5, 5.41) is 17.9. The molecular weight excluding hydrogens is 260 g/mol. The molecule has 1 aromatic carbocycles. The van der Waals surface area contributed by atoms with Crippen LogP contribution in [0.1, 0.15) is 11.1 Å². The monoisotopic (exact) mass is 278 g/mol. The van der Waals surface area contributed by atoms with E-state index in [2.05, 4.69) is 6.07 Å². The quantitative estimate of drug-likeness (QED) is 0.766. The summed E-state index contributed by atoms with van der Waals surface area (Å²) in [4.78, 5) is 12.6. The van der Waals surface area contributed by atoms with Crippen molar-refractivity contribution in [3.05, 3.63) is 29.3 Å². The van der Waals surface area contributed by atoms with Gasteiger partial charge in [-0.25, -0.2) is 0 Å². The predicted molar refractivity (Wildman–Crippen MR) is 72.5 cm³/mol. The van der Waals surface area contributed by atoms with E-state index in [1.807, 2.05) is 6.07 Å². The summed E-state index contributed by atoms with van der Waals surface area (Å²) in [7, 11) is 3.07.